The van der Waals surface area contributed by atoms with Crippen LogP contribution >= 0.6 is 0 Å². The maximum absolute atomic E-state index is 10.9. The molecule has 0 aliphatic rings. The van der Waals surface area contributed by atoms with Gasteiger partial charge in [0.05, 0.1) is 21.1 Å². The number of rotatable bonds is 3. The Kier molecular flexibility index (Phi) is 3.37. The first-order valence-electron chi connectivity index (χ1n) is 4.54. The fourth-order valence-electron chi connectivity index (χ4n) is 1.39. The number of carbonyl (C=O) groups excluding carboxylic acids is 1. The number of benzene rings is 1. The number of anilines is 1. The van der Waals surface area contributed by atoms with Gasteiger partial charge >= 0.3 is 11.4 Å². The van der Waals surface area contributed by atoms with Crippen molar-refractivity contribution in [2.24, 2.45) is 0 Å². The smallest absolute Gasteiger partial charge is 0.326 e. The Hall–Kier alpha value is -2.51. The monoisotopic (exact) mass is 239 g/mol. The van der Waals surface area contributed by atoms with Crippen LogP contribution in [0.25, 0.3) is 0 Å². The van der Waals surface area contributed by atoms with Gasteiger partial charge in [0.1, 0.15) is 0 Å². The van der Waals surface area contributed by atoms with E-state index in [1.54, 1.807) is 0 Å². The Labute approximate surface area is 95.5 Å². The first-order valence-corrected chi connectivity index (χ1v) is 4.54. The van der Waals surface area contributed by atoms with Gasteiger partial charge in [-0.25, -0.2) is 0 Å². The normalized spacial score (nSPS) is 9.76. The third kappa shape index (κ3) is 2.54. The van der Waals surface area contributed by atoms with Crippen molar-refractivity contribution in [2.45, 2.75) is 13.8 Å². The number of hydrogen-bond donors (Lipinski definition) is 1. The van der Waals surface area contributed by atoms with E-state index in [-0.39, 0.29) is 11.3 Å². The van der Waals surface area contributed by atoms with Gasteiger partial charge < -0.3 is 5.32 Å². The molecule has 1 N–H and O–H groups in total. The van der Waals surface area contributed by atoms with Gasteiger partial charge in [0.25, 0.3) is 0 Å². The van der Waals surface area contributed by atoms with Crippen molar-refractivity contribution in [1.82, 2.24) is 0 Å². The summed E-state index contributed by atoms with van der Waals surface area (Å²) in [5, 5.41) is 23.8. The van der Waals surface area contributed by atoms with Gasteiger partial charge in [-0.1, -0.05) is 0 Å². The van der Waals surface area contributed by atoms with Gasteiger partial charge in [0.15, 0.2) is 0 Å². The van der Waals surface area contributed by atoms with E-state index >= 15 is 0 Å². The topological polar surface area (TPSA) is 115 Å². The lowest BCUT2D eigenvalue weighted by Gasteiger charge is -2.06. The van der Waals surface area contributed by atoms with Crippen LogP contribution in [0.15, 0.2) is 12.1 Å². The van der Waals surface area contributed by atoms with Crippen molar-refractivity contribution in [1.29, 1.82) is 0 Å². The van der Waals surface area contributed by atoms with Crippen molar-refractivity contribution in [3.05, 3.63) is 37.9 Å². The van der Waals surface area contributed by atoms with E-state index in [0.29, 0.717) is 0 Å². The predicted molar refractivity (Wildman–Crippen MR) is 58.8 cm³/mol. The van der Waals surface area contributed by atoms with E-state index in [9.17, 15) is 25.0 Å². The number of nitro benzene ring substituents is 2. The van der Waals surface area contributed by atoms with Crippen LogP contribution in [-0.2, 0) is 4.79 Å². The predicted octanol–water partition coefficient (Wildman–Crippen LogP) is 1.77. The summed E-state index contributed by atoms with van der Waals surface area (Å²) in [6, 6.07) is 2.26. The lowest BCUT2D eigenvalue weighted by Crippen LogP contribution is -2.09. The summed E-state index contributed by atoms with van der Waals surface area (Å²) >= 11 is 0. The van der Waals surface area contributed by atoms with E-state index < -0.39 is 27.1 Å². The van der Waals surface area contributed by atoms with Gasteiger partial charge in [0, 0.05) is 13.0 Å². The minimum absolute atomic E-state index is 0.0550. The molecule has 1 rings (SSSR count). The summed E-state index contributed by atoms with van der Waals surface area (Å²) in [5.41, 5.74) is -0.961. The highest BCUT2D eigenvalue weighted by molar-refractivity contribution is 5.90. The highest BCUT2D eigenvalue weighted by Gasteiger charge is 2.28. The Bertz CT molecular complexity index is 512. The molecule has 0 unspecified atom stereocenters. The van der Waals surface area contributed by atoms with E-state index in [2.05, 4.69) is 5.32 Å². The Balaban J connectivity index is 3.43. The van der Waals surface area contributed by atoms with E-state index in [0.717, 1.165) is 6.07 Å². The molecule has 1 aromatic carbocycles. The highest BCUT2D eigenvalue weighted by Crippen LogP contribution is 2.34. The molecule has 0 saturated heterocycles. The Morgan fingerprint density at radius 3 is 2.24 bits per heavy atom. The lowest BCUT2D eigenvalue weighted by atomic mass is 10.1. The second-order valence-electron chi connectivity index (χ2n) is 3.30. The number of nitrogens with zero attached hydrogens (tertiary/aromatic N) is 2. The Morgan fingerprint density at radius 1 is 1.24 bits per heavy atom. The van der Waals surface area contributed by atoms with Crippen LogP contribution < -0.4 is 5.32 Å². The van der Waals surface area contributed by atoms with Crippen molar-refractivity contribution >= 4 is 23.0 Å². The van der Waals surface area contributed by atoms with Crippen molar-refractivity contribution in [2.75, 3.05) is 5.32 Å². The third-order valence-electron chi connectivity index (χ3n) is 2.10. The molecular weight excluding hydrogens is 230 g/mol. The molecule has 8 nitrogen and oxygen atoms in total. The maximum atomic E-state index is 10.9. The van der Waals surface area contributed by atoms with Crippen molar-refractivity contribution in [3.63, 3.8) is 0 Å². The molecule has 90 valence electrons. The Morgan fingerprint density at radius 2 is 1.82 bits per heavy atom. The van der Waals surface area contributed by atoms with Crippen LogP contribution in [0.2, 0.25) is 0 Å². The fourth-order valence-corrected chi connectivity index (χ4v) is 1.39. The highest BCUT2D eigenvalue weighted by atomic mass is 16.6. The van der Waals surface area contributed by atoms with Gasteiger partial charge in [-0.3, -0.25) is 25.0 Å². The second-order valence-corrected chi connectivity index (χ2v) is 3.30. The van der Waals surface area contributed by atoms with E-state index in [1.165, 1.54) is 19.9 Å². The van der Waals surface area contributed by atoms with Gasteiger partial charge in [-0.05, 0) is 13.0 Å². The summed E-state index contributed by atoms with van der Waals surface area (Å²) in [4.78, 5) is 30.6. The lowest BCUT2D eigenvalue weighted by molar-refractivity contribution is -0.422. The summed E-state index contributed by atoms with van der Waals surface area (Å²) in [5.74, 6) is -0.406. The minimum atomic E-state index is -0.835. The number of hydrogen-bond acceptors (Lipinski definition) is 5. The average molecular weight is 239 g/mol. The molecule has 1 amide bonds. The third-order valence-corrected chi connectivity index (χ3v) is 2.10. The number of nitrogens with one attached hydrogen (secondary N) is 1. The SMILES string of the molecule is CC(=O)Nc1ccc([N+](=O)[O-])c([N+](=O)[O-])c1C. The fraction of sp³-hybridized carbons (Fsp3) is 0.222. The molecule has 0 saturated carbocycles. The van der Waals surface area contributed by atoms with Crippen molar-refractivity contribution in [3.8, 4) is 0 Å². The molecular formula is C9H9N3O5. The van der Waals surface area contributed by atoms with E-state index in [4.69, 9.17) is 0 Å². The van der Waals surface area contributed by atoms with Crippen molar-refractivity contribution < 1.29 is 14.6 Å². The molecule has 1 aromatic rings. The maximum Gasteiger partial charge on any atom is 0.350 e. The summed E-state index contributed by atoms with van der Waals surface area (Å²) in [6.45, 7) is 2.59. The van der Waals surface area contributed by atoms with E-state index in [1.807, 2.05) is 0 Å². The van der Waals surface area contributed by atoms with Crippen LogP contribution in [-0.4, -0.2) is 15.8 Å². The summed E-state index contributed by atoms with van der Waals surface area (Å²) in [7, 11) is 0. The van der Waals surface area contributed by atoms with Crippen LogP contribution in [0, 0.1) is 27.2 Å². The quantitative estimate of drug-likeness (QED) is 0.637. The molecule has 0 aliphatic carbocycles. The van der Waals surface area contributed by atoms with Crippen LogP contribution in [0.4, 0.5) is 17.1 Å². The average Bonchev–Trinajstić information content (AvgIpc) is 2.19. The first kappa shape index (κ1) is 12.6. The number of carbonyl (C=O) groups is 1. The molecule has 0 bridgehead atoms. The standard InChI is InChI=1S/C9H9N3O5/c1-5-7(10-6(2)13)3-4-8(11(14)15)9(5)12(16)17/h3-4H,1-2H3,(H,10,13). The molecule has 0 radical (unpaired) electrons. The second kappa shape index (κ2) is 4.56. The minimum Gasteiger partial charge on any atom is -0.326 e. The molecule has 0 atom stereocenters. The largest absolute Gasteiger partial charge is 0.350 e. The zero-order valence-electron chi connectivity index (χ0n) is 9.09. The zero-order valence-corrected chi connectivity index (χ0v) is 9.09. The first-order chi connectivity index (χ1) is 7.84. The summed E-state index contributed by atoms with van der Waals surface area (Å²) < 4.78 is 0. The zero-order chi connectivity index (χ0) is 13.2. The molecule has 0 aliphatic heterocycles. The molecule has 8 heteroatoms. The van der Waals surface area contributed by atoms with Gasteiger partial charge in [-0.2, -0.15) is 0 Å². The molecule has 0 spiro atoms. The van der Waals surface area contributed by atoms with Crippen LogP contribution in [0.1, 0.15) is 12.5 Å². The van der Waals surface area contributed by atoms with Gasteiger partial charge in [-0.15, -0.1) is 0 Å². The van der Waals surface area contributed by atoms with Crippen LogP contribution in [0.5, 0.6) is 0 Å². The molecule has 0 aromatic heterocycles. The molecule has 17 heavy (non-hydrogen) atoms. The number of nitro groups is 2. The number of amides is 1. The summed E-state index contributed by atoms with van der Waals surface area (Å²) in [6.07, 6.45) is 0. The molecule has 0 fully saturated rings. The van der Waals surface area contributed by atoms with Gasteiger partial charge in [0.2, 0.25) is 5.91 Å². The van der Waals surface area contributed by atoms with Crippen LogP contribution in [0.3, 0.4) is 0 Å². The molecule has 0 heterocycles.